The number of nitrogens with one attached hydrogen (secondary N) is 1. The van der Waals surface area contributed by atoms with Crippen LogP contribution in [0.5, 0.6) is 0 Å². The molecule has 3 nitrogen and oxygen atoms in total. The van der Waals surface area contributed by atoms with E-state index in [4.69, 9.17) is 11.6 Å². The Labute approximate surface area is 121 Å². The Morgan fingerprint density at radius 1 is 1.50 bits per heavy atom. The van der Waals surface area contributed by atoms with E-state index in [2.05, 4.69) is 40.1 Å². The quantitative estimate of drug-likeness (QED) is 0.807. The van der Waals surface area contributed by atoms with E-state index in [-0.39, 0.29) is 11.3 Å². The van der Waals surface area contributed by atoms with Crippen LogP contribution < -0.4 is 5.32 Å². The highest BCUT2D eigenvalue weighted by atomic mass is 79.9. The second kappa shape index (κ2) is 7.10. The van der Waals surface area contributed by atoms with Crippen molar-refractivity contribution in [3.8, 4) is 0 Å². The van der Waals surface area contributed by atoms with E-state index in [0.717, 1.165) is 18.2 Å². The van der Waals surface area contributed by atoms with Gasteiger partial charge < -0.3 is 5.32 Å². The van der Waals surface area contributed by atoms with Gasteiger partial charge in [-0.05, 0) is 24.3 Å². The van der Waals surface area contributed by atoms with Crippen molar-refractivity contribution in [2.75, 3.05) is 11.9 Å². The van der Waals surface area contributed by atoms with Gasteiger partial charge in [-0.1, -0.05) is 41.4 Å². The fourth-order valence-electron chi connectivity index (χ4n) is 1.66. The van der Waals surface area contributed by atoms with Crippen LogP contribution in [0.3, 0.4) is 0 Å². The summed E-state index contributed by atoms with van der Waals surface area (Å²) in [6, 6.07) is 1.63. The third-order valence-electron chi connectivity index (χ3n) is 3.42. The zero-order chi connectivity index (χ0) is 13.6. The molecule has 0 fully saturated rings. The SMILES string of the molecule is CCC(CC)(CBr)CNC(=O)c1ccncc1Cl. The summed E-state index contributed by atoms with van der Waals surface area (Å²) in [4.78, 5) is 15.9. The van der Waals surface area contributed by atoms with Crippen molar-refractivity contribution in [1.29, 1.82) is 0 Å². The van der Waals surface area contributed by atoms with Gasteiger partial charge in [-0.2, -0.15) is 0 Å². The first-order chi connectivity index (χ1) is 8.58. The van der Waals surface area contributed by atoms with E-state index in [9.17, 15) is 4.79 Å². The summed E-state index contributed by atoms with van der Waals surface area (Å²) in [6.45, 7) is 4.91. The number of aromatic nitrogens is 1. The van der Waals surface area contributed by atoms with Crippen LogP contribution >= 0.6 is 27.5 Å². The lowest BCUT2D eigenvalue weighted by Crippen LogP contribution is -2.38. The predicted molar refractivity (Wildman–Crippen MR) is 78.4 cm³/mol. The van der Waals surface area contributed by atoms with E-state index < -0.39 is 0 Å². The number of alkyl halides is 1. The summed E-state index contributed by atoms with van der Waals surface area (Å²) >= 11 is 9.47. The molecule has 1 N–H and O–H groups in total. The van der Waals surface area contributed by atoms with E-state index in [1.54, 1.807) is 12.3 Å². The third-order valence-corrected chi connectivity index (χ3v) is 4.92. The van der Waals surface area contributed by atoms with Gasteiger partial charge in [0.15, 0.2) is 0 Å². The summed E-state index contributed by atoms with van der Waals surface area (Å²) in [6.07, 6.45) is 5.07. The average Bonchev–Trinajstić information content (AvgIpc) is 2.41. The minimum Gasteiger partial charge on any atom is -0.351 e. The zero-order valence-corrected chi connectivity index (χ0v) is 13.0. The lowest BCUT2D eigenvalue weighted by molar-refractivity contribution is 0.0932. The van der Waals surface area contributed by atoms with E-state index >= 15 is 0 Å². The lowest BCUT2D eigenvalue weighted by Gasteiger charge is -2.29. The molecule has 0 aliphatic heterocycles. The molecule has 100 valence electrons. The van der Waals surface area contributed by atoms with Crippen LogP contribution in [0, 0.1) is 5.41 Å². The number of nitrogens with zero attached hydrogens (tertiary/aromatic N) is 1. The summed E-state index contributed by atoms with van der Waals surface area (Å²) < 4.78 is 0. The molecule has 1 rings (SSSR count). The van der Waals surface area contributed by atoms with Gasteiger partial charge in [-0.3, -0.25) is 9.78 Å². The van der Waals surface area contributed by atoms with Gasteiger partial charge in [0.25, 0.3) is 5.91 Å². The summed E-state index contributed by atoms with van der Waals surface area (Å²) in [5.74, 6) is -0.144. The van der Waals surface area contributed by atoms with Crippen molar-refractivity contribution >= 4 is 33.4 Å². The third kappa shape index (κ3) is 3.69. The van der Waals surface area contributed by atoms with E-state index in [1.807, 2.05) is 0 Å². The highest BCUT2D eigenvalue weighted by molar-refractivity contribution is 9.09. The number of rotatable bonds is 6. The van der Waals surface area contributed by atoms with Crippen LogP contribution in [-0.2, 0) is 0 Å². The number of carbonyl (C=O) groups is 1. The fraction of sp³-hybridized carbons (Fsp3) is 0.538. The van der Waals surface area contributed by atoms with Crippen molar-refractivity contribution in [3.05, 3.63) is 29.0 Å². The highest BCUT2D eigenvalue weighted by Crippen LogP contribution is 2.28. The Kier molecular flexibility index (Phi) is 6.09. The molecule has 0 radical (unpaired) electrons. The molecule has 0 unspecified atom stereocenters. The van der Waals surface area contributed by atoms with Gasteiger partial charge in [0.2, 0.25) is 0 Å². The first-order valence-corrected chi connectivity index (χ1v) is 7.52. The Bertz CT molecular complexity index is 399. The molecule has 0 saturated carbocycles. The summed E-state index contributed by atoms with van der Waals surface area (Å²) in [5.41, 5.74) is 0.581. The molecule has 5 heteroatoms. The molecule has 1 aromatic rings. The first kappa shape index (κ1) is 15.4. The Morgan fingerprint density at radius 3 is 2.67 bits per heavy atom. The Balaban J connectivity index is 2.69. The molecule has 0 aliphatic rings. The predicted octanol–water partition coefficient (Wildman–Crippen LogP) is 3.67. The highest BCUT2D eigenvalue weighted by Gasteiger charge is 2.25. The zero-order valence-electron chi connectivity index (χ0n) is 10.7. The standard InChI is InChI=1S/C13H18BrClN2O/c1-3-13(4-2,8-14)9-17-12(18)10-5-6-16-7-11(10)15/h5-7H,3-4,8-9H2,1-2H3,(H,17,18). The molecule has 1 amide bonds. The normalized spacial score (nSPS) is 11.3. The maximum absolute atomic E-state index is 12.0. The fourth-order valence-corrected chi connectivity index (χ4v) is 2.85. The Hall–Kier alpha value is -0.610. The molecular weight excluding hydrogens is 316 g/mol. The minimum absolute atomic E-state index is 0.106. The summed E-state index contributed by atoms with van der Waals surface area (Å²) in [7, 11) is 0. The number of pyridine rings is 1. The number of carbonyl (C=O) groups excluding carboxylic acids is 1. The number of hydrogen-bond donors (Lipinski definition) is 1. The summed E-state index contributed by atoms with van der Waals surface area (Å²) in [5, 5.41) is 4.21. The van der Waals surface area contributed by atoms with E-state index in [0.29, 0.717) is 17.1 Å². The smallest absolute Gasteiger partial charge is 0.252 e. The molecule has 0 bridgehead atoms. The van der Waals surface area contributed by atoms with Crippen LogP contribution in [0.15, 0.2) is 18.5 Å². The molecule has 0 spiro atoms. The monoisotopic (exact) mass is 332 g/mol. The van der Waals surface area contributed by atoms with Crippen LogP contribution in [0.4, 0.5) is 0 Å². The number of amides is 1. The van der Waals surface area contributed by atoms with Crippen molar-refractivity contribution < 1.29 is 4.79 Å². The molecule has 1 heterocycles. The van der Waals surface area contributed by atoms with Gasteiger partial charge in [-0.25, -0.2) is 0 Å². The second-order valence-corrected chi connectivity index (χ2v) is 5.35. The average molecular weight is 334 g/mol. The van der Waals surface area contributed by atoms with Crippen LogP contribution in [0.25, 0.3) is 0 Å². The maximum atomic E-state index is 12.0. The minimum atomic E-state index is -0.144. The van der Waals surface area contributed by atoms with Gasteiger partial charge in [-0.15, -0.1) is 0 Å². The topological polar surface area (TPSA) is 42.0 Å². The van der Waals surface area contributed by atoms with Gasteiger partial charge in [0.1, 0.15) is 0 Å². The van der Waals surface area contributed by atoms with Crippen molar-refractivity contribution in [1.82, 2.24) is 10.3 Å². The number of hydrogen-bond acceptors (Lipinski definition) is 2. The van der Waals surface area contributed by atoms with Gasteiger partial charge in [0, 0.05) is 24.3 Å². The van der Waals surface area contributed by atoms with Crippen molar-refractivity contribution in [3.63, 3.8) is 0 Å². The van der Waals surface area contributed by atoms with E-state index in [1.165, 1.54) is 6.20 Å². The Morgan fingerprint density at radius 2 is 2.17 bits per heavy atom. The van der Waals surface area contributed by atoms with Gasteiger partial charge in [0.05, 0.1) is 10.6 Å². The molecule has 0 saturated heterocycles. The van der Waals surface area contributed by atoms with Crippen molar-refractivity contribution in [2.45, 2.75) is 26.7 Å². The molecular formula is C13H18BrClN2O. The van der Waals surface area contributed by atoms with Crippen LogP contribution in [0.2, 0.25) is 5.02 Å². The number of halogens is 2. The van der Waals surface area contributed by atoms with Gasteiger partial charge >= 0.3 is 0 Å². The van der Waals surface area contributed by atoms with Crippen LogP contribution in [-0.4, -0.2) is 22.8 Å². The second-order valence-electron chi connectivity index (χ2n) is 4.38. The molecule has 0 aliphatic carbocycles. The lowest BCUT2D eigenvalue weighted by atomic mass is 9.84. The molecule has 18 heavy (non-hydrogen) atoms. The molecule has 0 aromatic carbocycles. The molecule has 0 atom stereocenters. The first-order valence-electron chi connectivity index (χ1n) is 6.02. The largest absolute Gasteiger partial charge is 0.351 e. The molecule has 1 aromatic heterocycles. The maximum Gasteiger partial charge on any atom is 0.252 e. The van der Waals surface area contributed by atoms with Crippen molar-refractivity contribution in [2.24, 2.45) is 5.41 Å². The van der Waals surface area contributed by atoms with Crippen LogP contribution in [0.1, 0.15) is 37.0 Å².